The van der Waals surface area contributed by atoms with E-state index in [4.69, 9.17) is 16.3 Å². The highest BCUT2D eigenvalue weighted by Crippen LogP contribution is 2.30. The van der Waals surface area contributed by atoms with Gasteiger partial charge in [-0.15, -0.1) is 5.10 Å². The fourth-order valence-electron chi connectivity index (χ4n) is 1.30. The van der Waals surface area contributed by atoms with Crippen LogP contribution in [0.2, 0.25) is 0 Å². The normalized spacial score (nSPS) is 16.4. The lowest BCUT2D eigenvalue weighted by atomic mass is 10.1. The van der Waals surface area contributed by atoms with Crippen molar-refractivity contribution in [3.05, 3.63) is 27.4 Å². The molecule has 0 amide bonds. The third-order valence-electron chi connectivity index (χ3n) is 2.06. The number of nitrogens with zero attached hydrogens (tertiary/aromatic N) is 3. The molecule has 0 fully saturated rings. The highest BCUT2D eigenvalue weighted by atomic mass is 79.9. The lowest BCUT2D eigenvalue weighted by molar-refractivity contribution is 0.347. The summed E-state index contributed by atoms with van der Waals surface area (Å²) in [6.45, 7) is 0. The predicted molar refractivity (Wildman–Crippen MR) is 60.6 cm³/mol. The summed E-state index contributed by atoms with van der Waals surface area (Å²) in [6.07, 6.45) is 2.55. The first-order valence-electron chi connectivity index (χ1n) is 4.57. The van der Waals surface area contributed by atoms with Gasteiger partial charge in [0, 0.05) is 13.5 Å². The van der Waals surface area contributed by atoms with Gasteiger partial charge in [0.2, 0.25) is 4.73 Å². The first-order chi connectivity index (χ1) is 7.58. The largest absolute Gasteiger partial charge is 0.427 e. The quantitative estimate of drug-likeness (QED) is 0.843. The van der Waals surface area contributed by atoms with E-state index in [1.807, 2.05) is 0 Å². The van der Waals surface area contributed by atoms with Crippen LogP contribution in [0.15, 0.2) is 27.4 Å². The van der Waals surface area contributed by atoms with Gasteiger partial charge in [0.05, 0.1) is 0 Å². The molecule has 1 heterocycles. The van der Waals surface area contributed by atoms with Gasteiger partial charge in [-0.05, 0) is 28.4 Å². The van der Waals surface area contributed by atoms with Gasteiger partial charge in [0.1, 0.15) is 16.6 Å². The molecule has 4 nitrogen and oxygen atoms in total. The molecule has 2 rings (SSSR count). The van der Waals surface area contributed by atoms with E-state index in [0.717, 1.165) is 0 Å². The Morgan fingerprint density at radius 3 is 3.00 bits per heavy atom. The van der Waals surface area contributed by atoms with Gasteiger partial charge in [-0.2, -0.15) is 4.98 Å². The predicted octanol–water partition coefficient (Wildman–Crippen LogP) is 3.05. The molecule has 0 saturated heterocycles. The number of hydrogen-bond acceptors (Lipinski definition) is 3. The molecule has 1 aromatic heterocycles. The van der Waals surface area contributed by atoms with Crippen molar-refractivity contribution in [1.82, 2.24) is 14.8 Å². The van der Waals surface area contributed by atoms with Crippen LogP contribution in [0.5, 0.6) is 6.01 Å². The average Bonchev–Trinajstić information content (AvgIpc) is 2.53. The Morgan fingerprint density at radius 2 is 2.38 bits per heavy atom. The van der Waals surface area contributed by atoms with E-state index in [9.17, 15) is 4.39 Å². The van der Waals surface area contributed by atoms with E-state index in [-0.39, 0.29) is 11.0 Å². The summed E-state index contributed by atoms with van der Waals surface area (Å²) < 4.78 is 20.4. The molecule has 0 bridgehead atoms. The second-order valence-electron chi connectivity index (χ2n) is 3.22. The van der Waals surface area contributed by atoms with Crippen LogP contribution < -0.4 is 4.74 Å². The second-order valence-corrected chi connectivity index (χ2v) is 4.30. The minimum Gasteiger partial charge on any atom is -0.427 e. The molecule has 0 atom stereocenters. The van der Waals surface area contributed by atoms with E-state index >= 15 is 0 Å². The zero-order valence-corrected chi connectivity index (χ0v) is 10.7. The number of hydrogen-bond donors (Lipinski definition) is 0. The molecule has 0 unspecified atom stereocenters. The van der Waals surface area contributed by atoms with Gasteiger partial charge in [-0.25, -0.2) is 9.07 Å². The van der Waals surface area contributed by atoms with E-state index in [1.54, 1.807) is 7.05 Å². The summed E-state index contributed by atoms with van der Waals surface area (Å²) in [5.74, 6) is -0.0752. The Morgan fingerprint density at radius 1 is 1.62 bits per heavy atom. The van der Waals surface area contributed by atoms with Gasteiger partial charge >= 0.3 is 6.01 Å². The lowest BCUT2D eigenvalue weighted by Gasteiger charge is -2.13. The molecule has 16 heavy (non-hydrogen) atoms. The van der Waals surface area contributed by atoms with Crippen LogP contribution >= 0.6 is 27.5 Å². The monoisotopic (exact) mass is 307 g/mol. The van der Waals surface area contributed by atoms with Crippen molar-refractivity contribution in [3.8, 4) is 6.01 Å². The van der Waals surface area contributed by atoms with Crippen molar-refractivity contribution in [2.75, 3.05) is 0 Å². The number of halogens is 3. The van der Waals surface area contributed by atoms with Crippen LogP contribution in [0.4, 0.5) is 4.39 Å². The van der Waals surface area contributed by atoms with E-state index in [0.29, 0.717) is 23.3 Å². The summed E-state index contributed by atoms with van der Waals surface area (Å²) in [5, 5.41) is 3.95. The van der Waals surface area contributed by atoms with Crippen LogP contribution in [0, 0.1) is 0 Å². The number of aromatic nitrogens is 3. The van der Waals surface area contributed by atoms with Crippen molar-refractivity contribution < 1.29 is 9.13 Å². The highest BCUT2D eigenvalue weighted by molar-refractivity contribution is 9.10. The molecule has 0 N–H and O–H groups in total. The van der Waals surface area contributed by atoms with Gasteiger partial charge in [-0.1, -0.05) is 11.6 Å². The molecule has 0 saturated carbocycles. The van der Waals surface area contributed by atoms with E-state index in [2.05, 4.69) is 26.0 Å². The van der Waals surface area contributed by atoms with Gasteiger partial charge in [0.25, 0.3) is 0 Å². The molecule has 7 heteroatoms. The zero-order valence-electron chi connectivity index (χ0n) is 8.38. The zero-order chi connectivity index (χ0) is 11.7. The minimum atomic E-state index is -0.454. The molecule has 0 spiro atoms. The number of aryl methyl sites for hydroxylation is 1. The molecule has 0 aromatic carbocycles. The Hall–Kier alpha value is -0.880. The molecule has 0 radical (unpaired) electrons. The van der Waals surface area contributed by atoms with E-state index in [1.165, 1.54) is 10.8 Å². The number of rotatable bonds is 2. The molecular formula is C9H8BrClFN3O. The van der Waals surface area contributed by atoms with Crippen molar-refractivity contribution >= 4 is 27.5 Å². The fourth-order valence-corrected chi connectivity index (χ4v) is 1.90. The van der Waals surface area contributed by atoms with Crippen molar-refractivity contribution in [2.24, 2.45) is 7.05 Å². The van der Waals surface area contributed by atoms with Crippen LogP contribution in [0.25, 0.3) is 0 Å². The lowest BCUT2D eigenvalue weighted by Crippen LogP contribution is -2.06. The smallest absolute Gasteiger partial charge is 0.320 e. The minimum absolute atomic E-state index is 0.00497. The summed E-state index contributed by atoms with van der Waals surface area (Å²) in [6, 6.07) is 0.273. The summed E-state index contributed by atoms with van der Waals surface area (Å²) >= 11 is 8.90. The van der Waals surface area contributed by atoms with Gasteiger partial charge in [0.15, 0.2) is 0 Å². The van der Waals surface area contributed by atoms with Gasteiger partial charge in [-0.3, -0.25) is 0 Å². The first kappa shape index (κ1) is 11.6. The molecule has 1 aromatic rings. The highest BCUT2D eigenvalue weighted by Gasteiger charge is 2.18. The maximum atomic E-state index is 13.2. The van der Waals surface area contributed by atoms with Crippen molar-refractivity contribution in [3.63, 3.8) is 0 Å². The van der Waals surface area contributed by atoms with Crippen LogP contribution in [-0.2, 0) is 7.05 Å². The van der Waals surface area contributed by atoms with Gasteiger partial charge < -0.3 is 4.74 Å². The second kappa shape index (κ2) is 4.55. The van der Waals surface area contributed by atoms with Crippen LogP contribution in [0.3, 0.4) is 0 Å². The van der Waals surface area contributed by atoms with E-state index < -0.39 is 5.83 Å². The maximum Gasteiger partial charge on any atom is 0.320 e. The Labute approximate surface area is 105 Å². The first-order valence-corrected chi connectivity index (χ1v) is 5.74. The molecule has 1 aliphatic carbocycles. The molecule has 1 aliphatic rings. The van der Waals surface area contributed by atoms with Crippen LogP contribution in [0.1, 0.15) is 12.8 Å². The third-order valence-corrected chi connectivity index (χ3v) is 2.79. The molecular weight excluding hydrogens is 300 g/mol. The summed E-state index contributed by atoms with van der Waals surface area (Å²) in [4.78, 5) is 3.98. The number of allylic oxidation sites excluding steroid dienone is 4. The maximum absolute atomic E-state index is 13.2. The number of ether oxygens (including phenoxy) is 1. The summed E-state index contributed by atoms with van der Waals surface area (Å²) in [7, 11) is 1.68. The van der Waals surface area contributed by atoms with Crippen molar-refractivity contribution in [2.45, 2.75) is 12.8 Å². The Bertz CT molecular complexity index is 483. The fraction of sp³-hybridized carbons (Fsp3) is 0.333. The third kappa shape index (κ3) is 2.27. The molecule has 0 aliphatic heterocycles. The summed E-state index contributed by atoms with van der Waals surface area (Å²) in [5.41, 5.74) is 0. The van der Waals surface area contributed by atoms with Crippen molar-refractivity contribution in [1.29, 1.82) is 0 Å². The topological polar surface area (TPSA) is 39.9 Å². The van der Waals surface area contributed by atoms with Crippen LogP contribution in [-0.4, -0.2) is 14.8 Å². The SMILES string of the molecule is Cn1nc(Br)nc1OC1=C(Cl)C(F)=CCC1. The Kier molecular flexibility index (Phi) is 3.30. The standard InChI is InChI=1S/C9H8BrClFN3O/c1-15-9(13-8(10)14-15)16-6-4-2-3-5(12)7(6)11/h3H,2,4H2,1H3. The Balaban J connectivity index is 2.25. The average molecular weight is 309 g/mol. The molecule has 86 valence electrons.